The van der Waals surface area contributed by atoms with E-state index in [1.807, 2.05) is 0 Å². The van der Waals surface area contributed by atoms with Crippen LogP contribution in [0.2, 0.25) is 0 Å². The molecule has 2 aliphatic carbocycles. The molecule has 0 saturated heterocycles. The number of hydrogen-bond donors (Lipinski definition) is 1. The van der Waals surface area contributed by atoms with Gasteiger partial charge < -0.3 is 5.32 Å². The molecule has 14 heavy (non-hydrogen) atoms. The molecule has 0 aromatic heterocycles. The maximum absolute atomic E-state index is 3.78. The van der Waals surface area contributed by atoms with Crippen LogP contribution in [0.15, 0.2) is 0 Å². The molecule has 1 atom stereocenters. The number of rotatable bonds is 3. The third-order valence-corrected chi connectivity index (χ3v) is 4.35. The van der Waals surface area contributed by atoms with Crippen molar-refractivity contribution in [2.24, 2.45) is 10.8 Å². The van der Waals surface area contributed by atoms with E-state index < -0.39 is 0 Å². The van der Waals surface area contributed by atoms with Crippen LogP contribution in [0, 0.1) is 10.8 Å². The summed E-state index contributed by atoms with van der Waals surface area (Å²) in [6.45, 7) is 8.50. The fraction of sp³-hybridized carbons (Fsp3) is 1.00. The largest absolute Gasteiger partial charge is 0.313 e. The lowest BCUT2D eigenvalue weighted by Crippen LogP contribution is -2.41. The van der Waals surface area contributed by atoms with Crippen LogP contribution in [0.4, 0.5) is 0 Å². The third-order valence-electron chi connectivity index (χ3n) is 4.35. The van der Waals surface area contributed by atoms with Crippen LogP contribution in [0.3, 0.4) is 0 Å². The lowest BCUT2D eigenvalue weighted by molar-refractivity contribution is 0.150. The molecule has 0 aliphatic heterocycles. The second-order valence-electron chi connectivity index (χ2n) is 6.65. The summed E-state index contributed by atoms with van der Waals surface area (Å²) in [5, 5.41) is 3.78. The topological polar surface area (TPSA) is 12.0 Å². The molecule has 0 aromatic rings. The zero-order valence-corrected chi connectivity index (χ0v) is 10.0. The normalized spacial score (nSPS) is 34.1. The van der Waals surface area contributed by atoms with E-state index in [0.717, 1.165) is 6.04 Å². The summed E-state index contributed by atoms with van der Waals surface area (Å²) < 4.78 is 0. The van der Waals surface area contributed by atoms with Crippen LogP contribution in [-0.4, -0.2) is 12.6 Å². The van der Waals surface area contributed by atoms with Crippen molar-refractivity contribution < 1.29 is 0 Å². The molecule has 0 amide bonds. The second-order valence-corrected chi connectivity index (χ2v) is 6.65. The predicted octanol–water partition coefficient (Wildman–Crippen LogP) is 3.34. The molecule has 2 fully saturated rings. The van der Waals surface area contributed by atoms with Gasteiger partial charge in [0.05, 0.1) is 0 Å². The van der Waals surface area contributed by atoms with E-state index in [1.165, 1.54) is 45.1 Å². The Balaban J connectivity index is 1.72. The van der Waals surface area contributed by atoms with Gasteiger partial charge in [-0.25, -0.2) is 0 Å². The van der Waals surface area contributed by atoms with Crippen molar-refractivity contribution >= 4 is 0 Å². The second kappa shape index (κ2) is 3.52. The van der Waals surface area contributed by atoms with Crippen LogP contribution in [0.5, 0.6) is 0 Å². The molecule has 2 rings (SSSR count). The maximum atomic E-state index is 3.78. The Morgan fingerprint density at radius 2 is 1.86 bits per heavy atom. The van der Waals surface area contributed by atoms with Crippen molar-refractivity contribution in [3.8, 4) is 0 Å². The quantitative estimate of drug-likeness (QED) is 0.728. The van der Waals surface area contributed by atoms with Gasteiger partial charge in [-0.2, -0.15) is 0 Å². The molecule has 0 aromatic carbocycles. The summed E-state index contributed by atoms with van der Waals surface area (Å²) in [4.78, 5) is 0. The fourth-order valence-corrected chi connectivity index (χ4v) is 2.96. The minimum absolute atomic E-state index is 0.595. The van der Waals surface area contributed by atoms with E-state index >= 15 is 0 Å². The van der Waals surface area contributed by atoms with Crippen molar-refractivity contribution in [2.45, 2.75) is 65.3 Å². The lowest BCUT2D eigenvalue weighted by atomic mass is 9.70. The molecule has 2 aliphatic rings. The monoisotopic (exact) mass is 195 g/mol. The van der Waals surface area contributed by atoms with Crippen molar-refractivity contribution in [1.29, 1.82) is 0 Å². The summed E-state index contributed by atoms with van der Waals surface area (Å²) in [5.74, 6) is 0. The van der Waals surface area contributed by atoms with Gasteiger partial charge in [0.25, 0.3) is 0 Å². The van der Waals surface area contributed by atoms with Crippen molar-refractivity contribution in [2.75, 3.05) is 6.54 Å². The highest BCUT2D eigenvalue weighted by Crippen LogP contribution is 2.41. The van der Waals surface area contributed by atoms with Crippen molar-refractivity contribution in [3.05, 3.63) is 0 Å². The molecule has 2 saturated carbocycles. The minimum atomic E-state index is 0.595. The first-order valence-electron chi connectivity index (χ1n) is 6.23. The van der Waals surface area contributed by atoms with Crippen LogP contribution in [0.1, 0.15) is 59.3 Å². The maximum Gasteiger partial charge on any atom is 0.00725 e. The molecule has 1 heteroatoms. The van der Waals surface area contributed by atoms with Crippen LogP contribution >= 0.6 is 0 Å². The number of hydrogen-bond acceptors (Lipinski definition) is 1. The van der Waals surface area contributed by atoms with Gasteiger partial charge in [0.1, 0.15) is 0 Å². The van der Waals surface area contributed by atoms with E-state index in [-0.39, 0.29) is 0 Å². The molecule has 1 unspecified atom stereocenters. The summed E-state index contributed by atoms with van der Waals surface area (Å²) in [6, 6.07) is 0.808. The molecule has 82 valence electrons. The molecular formula is C13H25N. The lowest BCUT2D eigenvalue weighted by Gasteiger charge is -2.39. The highest BCUT2D eigenvalue weighted by atomic mass is 14.9. The first-order valence-corrected chi connectivity index (χ1v) is 6.23. The number of nitrogens with one attached hydrogen (secondary N) is 1. The van der Waals surface area contributed by atoms with Crippen LogP contribution < -0.4 is 5.32 Å². The summed E-state index contributed by atoms with van der Waals surface area (Å²) >= 11 is 0. The first kappa shape index (κ1) is 10.5. The Kier molecular flexibility index (Phi) is 2.63. The smallest absolute Gasteiger partial charge is 0.00725 e. The van der Waals surface area contributed by atoms with E-state index in [2.05, 4.69) is 26.1 Å². The van der Waals surface area contributed by atoms with E-state index in [4.69, 9.17) is 0 Å². The van der Waals surface area contributed by atoms with E-state index in [1.54, 1.807) is 0 Å². The molecule has 1 nitrogen and oxygen atoms in total. The SMILES string of the molecule is CC1(C)CCC(NCC2(C)CCC2)C1. The zero-order valence-electron chi connectivity index (χ0n) is 10.0. The molecule has 0 bridgehead atoms. The first-order chi connectivity index (χ1) is 6.49. The van der Waals surface area contributed by atoms with Crippen molar-refractivity contribution in [3.63, 3.8) is 0 Å². The van der Waals surface area contributed by atoms with Gasteiger partial charge >= 0.3 is 0 Å². The van der Waals surface area contributed by atoms with Gasteiger partial charge in [-0.1, -0.05) is 27.2 Å². The van der Waals surface area contributed by atoms with Crippen molar-refractivity contribution in [1.82, 2.24) is 5.32 Å². The highest BCUT2D eigenvalue weighted by Gasteiger charge is 2.35. The standard InChI is InChI=1S/C13H25N/c1-12(2)8-5-11(9-12)14-10-13(3)6-4-7-13/h11,14H,4-10H2,1-3H3. The fourth-order valence-electron chi connectivity index (χ4n) is 2.96. The average Bonchev–Trinajstić information content (AvgIpc) is 2.39. The summed E-state index contributed by atoms with van der Waals surface area (Å²) in [7, 11) is 0. The van der Waals surface area contributed by atoms with Gasteiger partial charge in [0.15, 0.2) is 0 Å². The molecular weight excluding hydrogens is 170 g/mol. The van der Waals surface area contributed by atoms with Gasteiger partial charge in [-0.05, 0) is 42.9 Å². The van der Waals surface area contributed by atoms with Gasteiger partial charge in [-0.3, -0.25) is 0 Å². The third kappa shape index (κ3) is 2.31. The Morgan fingerprint density at radius 3 is 2.29 bits per heavy atom. The molecule has 0 spiro atoms. The molecule has 1 N–H and O–H groups in total. The summed E-state index contributed by atoms with van der Waals surface area (Å²) in [6.07, 6.45) is 8.51. The van der Waals surface area contributed by atoms with Gasteiger partial charge in [0.2, 0.25) is 0 Å². The average molecular weight is 195 g/mol. The molecule has 0 radical (unpaired) electrons. The van der Waals surface area contributed by atoms with E-state index in [0.29, 0.717) is 10.8 Å². The Hall–Kier alpha value is -0.0400. The minimum Gasteiger partial charge on any atom is -0.313 e. The van der Waals surface area contributed by atoms with Crippen LogP contribution in [0.25, 0.3) is 0 Å². The summed E-state index contributed by atoms with van der Waals surface area (Å²) in [5.41, 5.74) is 1.24. The van der Waals surface area contributed by atoms with E-state index in [9.17, 15) is 0 Å². The molecule has 0 heterocycles. The van der Waals surface area contributed by atoms with Gasteiger partial charge in [-0.15, -0.1) is 0 Å². The zero-order chi connectivity index (χ0) is 10.2. The Labute approximate surface area is 88.7 Å². The van der Waals surface area contributed by atoms with Crippen LogP contribution in [-0.2, 0) is 0 Å². The highest BCUT2D eigenvalue weighted by molar-refractivity contribution is 4.90. The predicted molar refractivity (Wildman–Crippen MR) is 61.4 cm³/mol. The Morgan fingerprint density at radius 1 is 1.14 bits per heavy atom. The van der Waals surface area contributed by atoms with Gasteiger partial charge in [0, 0.05) is 12.6 Å². The Bertz CT molecular complexity index is 203.